The minimum atomic E-state index is 0.465. The van der Waals surface area contributed by atoms with Crippen molar-refractivity contribution in [3.8, 4) is 5.69 Å². The van der Waals surface area contributed by atoms with E-state index in [-0.39, 0.29) is 0 Å². The number of nitrogen functional groups attached to an aromatic ring is 1. The van der Waals surface area contributed by atoms with Crippen molar-refractivity contribution < 1.29 is 0 Å². The zero-order valence-corrected chi connectivity index (χ0v) is 12.5. The monoisotopic (exact) mass is 335 g/mol. The number of hydrogen-bond acceptors (Lipinski definition) is 2. The summed E-state index contributed by atoms with van der Waals surface area (Å²) >= 11 is 9.51. The SMILES string of the molecule is Cc1cccc2nc(N)n(-c3ccc(Cl)cc3Br)c12. The standard InChI is InChI=1S/C14H11BrClN3/c1-8-3-2-4-11-13(8)19(14(17)18-11)12-6-5-9(16)7-10(12)15/h2-7H,1H3,(H2,17,18). The summed E-state index contributed by atoms with van der Waals surface area (Å²) in [5.74, 6) is 0.465. The fraction of sp³-hybridized carbons (Fsp3) is 0.0714. The van der Waals surface area contributed by atoms with E-state index in [9.17, 15) is 0 Å². The Labute approximate surface area is 124 Å². The first-order valence-electron chi connectivity index (χ1n) is 5.77. The van der Waals surface area contributed by atoms with Crippen molar-refractivity contribution in [1.29, 1.82) is 0 Å². The largest absolute Gasteiger partial charge is 0.369 e. The lowest BCUT2D eigenvalue weighted by atomic mass is 10.2. The quantitative estimate of drug-likeness (QED) is 0.718. The Balaban J connectivity index is 2.39. The fourth-order valence-electron chi connectivity index (χ4n) is 2.22. The molecule has 0 saturated heterocycles. The normalized spacial score (nSPS) is 11.1. The van der Waals surface area contributed by atoms with Crippen LogP contribution in [0.4, 0.5) is 5.95 Å². The Morgan fingerprint density at radius 1 is 1.26 bits per heavy atom. The molecule has 2 aromatic carbocycles. The van der Waals surface area contributed by atoms with Gasteiger partial charge in [-0.05, 0) is 52.7 Å². The van der Waals surface area contributed by atoms with Crippen molar-refractivity contribution in [2.75, 3.05) is 5.73 Å². The second-order valence-corrected chi connectivity index (χ2v) is 5.63. The number of anilines is 1. The van der Waals surface area contributed by atoms with Gasteiger partial charge in [-0.1, -0.05) is 23.7 Å². The van der Waals surface area contributed by atoms with E-state index in [1.165, 1.54) is 0 Å². The second kappa shape index (κ2) is 4.54. The minimum Gasteiger partial charge on any atom is -0.369 e. The molecule has 0 atom stereocenters. The molecule has 3 nitrogen and oxygen atoms in total. The number of imidazole rings is 1. The van der Waals surface area contributed by atoms with Crippen LogP contribution in [-0.2, 0) is 0 Å². The molecular weight excluding hydrogens is 326 g/mol. The number of hydrogen-bond donors (Lipinski definition) is 1. The average Bonchev–Trinajstić information content (AvgIpc) is 2.67. The molecule has 0 bridgehead atoms. The number of para-hydroxylation sites is 1. The lowest BCUT2D eigenvalue weighted by molar-refractivity contribution is 1.10. The van der Waals surface area contributed by atoms with Gasteiger partial charge in [-0.25, -0.2) is 4.98 Å². The number of nitrogens with two attached hydrogens (primary N) is 1. The van der Waals surface area contributed by atoms with Crippen LogP contribution in [0, 0.1) is 6.92 Å². The Bertz CT molecular complexity index is 780. The predicted molar refractivity (Wildman–Crippen MR) is 82.9 cm³/mol. The van der Waals surface area contributed by atoms with Crippen molar-refractivity contribution >= 4 is 44.5 Å². The van der Waals surface area contributed by atoms with E-state index in [4.69, 9.17) is 17.3 Å². The summed E-state index contributed by atoms with van der Waals surface area (Å²) in [7, 11) is 0. The van der Waals surface area contributed by atoms with Crippen LogP contribution in [0.2, 0.25) is 5.02 Å². The van der Waals surface area contributed by atoms with Gasteiger partial charge in [-0.15, -0.1) is 0 Å². The highest BCUT2D eigenvalue weighted by molar-refractivity contribution is 9.10. The summed E-state index contributed by atoms with van der Waals surface area (Å²) in [6.07, 6.45) is 0. The predicted octanol–water partition coefficient (Wildman–Crippen LogP) is 4.33. The molecule has 19 heavy (non-hydrogen) atoms. The number of benzene rings is 2. The van der Waals surface area contributed by atoms with Gasteiger partial charge in [-0.3, -0.25) is 4.57 Å². The van der Waals surface area contributed by atoms with Crippen molar-refractivity contribution in [1.82, 2.24) is 9.55 Å². The molecular formula is C14H11BrClN3. The van der Waals surface area contributed by atoms with E-state index in [0.717, 1.165) is 26.8 Å². The molecule has 0 spiro atoms. The molecule has 0 saturated carbocycles. The topological polar surface area (TPSA) is 43.8 Å². The van der Waals surface area contributed by atoms with Gasteiger partial charge >= 0.3 is 0 Å². The highest BCUT2D eigenvalue weighted by Crippen LogP contribution is 2.31. The first-order valence-corrected chi connectivity index (χ1v) is 6.94. The van der Waals surface area contributed by atoms with Crippen LogP contribution in [-0.4, -0.2) is 9.55 Å². The third kappa shape index (κ3) is 2.01. The highest BCUT2D eigenvalue weighted by Gasteiger charge is 2.14. The molecule has 0 aliphatic heterocycles. The number of fused-ring (bicyclic) bond motifs is 1. The summed E-state index contributed by atoms with van der Waals surface area (Å²) in [5.41, 5.74) is 10.0. The van der Waals surface area contributed by atoms with Crippen molar-refractivity contribution in [3.05, 3.63) is 51.5 Å². The molecule has 0 fully saturated rings. The van der Waals surface area contributed by atoms with Crippen LogP contribution < -0.4 is 5.73 Å². The third-order valence-electron chi connectivity index (χ3n) is 3.05. The molecule has 1 heterocycles. The Morgan fingerprint density at radius 3 is 2.79 bits per heavy atom. The minimum absolute atomic E-state index is 0.465. The zero-order chi connectivity index (χ0) is 13.6. The molecule has 3 rings (SSSR count). The molecule has 0 aliphatic rings. The Morgan fingerprint density at radius 2 is 2.05 bits per heavy atom. The van der Waals surface area contributed by atoms with Crippen LogP contribution in [0.25, 0.3) is 16.7 Å². The summed E-state index contributed by atoms with van der Waals surface area (Å²) in [4.78, 5) is 4.40. The van der Waals surface area contributed by atoms with Crippen LogP contribution in [0.5, 0.6) is 0 Å². The maximum atomic E-state index is 6.06. The van der Waals surface area contributed by atoms with Gasteiger partial charge in [0, 0.05) is 9.50 Å². The van der Waals surface area contributed by atoms with Gasteiger partial charge < -0.3 is 5.73 Å². The maximum absolute atomic E-state index is 6.06. The van der Waals surface area contributed by atoms with E-state index < -0.39 is 0 Å². The molecule has 3 aromatic rings. The number of halogens is 2. The highest BCUT2D eigenvalue weighted by atomic mass is 79.9. The van der Waals surface area contributed by atoms with Gasteiger partial charge in [0.2, 0.25) is 5.95 Å². The Hall–Kier alpha value is -1.52. The lowest BCUT2D eigenvalue weighted by Gasteiger charge is -2.10. The summed E-state index contributed by atoms with van der Waals surface area (Å²) < 4.78 is 2.82. The van der Waals surface area contributed by atoms with E-state index in [1.807, 2.05) is 47.9 Å². The molecule has 2 N–H and O–H groups in total. The molecule has 1 aromatic heterocycles. The Kier molecular flexibility index (Phi) is 2.99. The molecule has 96 valence electrons. The molecule has 0 radical (unpaired) electrons. The third-order valence-corrected chi connectivity index (χ3v) is 3.93. The van der Waals surface area contributed by atoms with Gasteiger partial charge in [0.05, 0.1) is 16.7 Å². The van der Waals surface area contributed by atoms with E-state index in [2.05, 4.69) is 20.9 Å². The van der Waals surface area contributed by atoms with Crippen LogP contribution in [0.3, 0.4) is 0 Å². The first-order chi connectivity index (χ1) is 9.08. The number of aromatic nitrogens is 2. The van der Waals surface area contributed by atoms with Crippen molar-refractivity contribution in [3.63, 3.8) is 0 Å². The van der Waals surface area contributed by atoms with Gasteiger partial charge in [-0.2, -0.15) is 0 Å². The van der Waals surface area contributed by atoms with E-state index >= 15 is 0 Å². The molecule has 0 amide bonds. The van der Waals surface area contributed by atoms with Crippen molar-refractivity contribution in [2.24, 2.45) is 0 Å². The molecule has 0 aliphatic carbocycles. The molecule has 5 heteroatoms. The van der Waals surface area contributed by atoms with E-state index in [1.54, 1.807) is 0 Å². The van der Waals surface area contributed by atoms with Crippen molar-refractivity contribution in [2.45, 2.75) is 6.92 Å². The van der Waals surface area contributed by atoms with E-state index in [0.29, 0.717) is 11.0 Å². The number of nitrogens with zero attached hydrogens (tertiary/aromatic N) is 2. The first kappa shape index (κ1) is 12.5. The van der Waals surface area contributed by atoms with Crippen LogP contribution >= 0.6 is 27.5 Å². The summed E-state index contributed by atoms with van der Waals surface area (Å²) in [5, 5.41) is 0.676. The maximum Gasteiger partial charge on any atom is 0.205 e. The van der Waals surface area contributed by atoms with Gasteiger partial charge in [0.25, 0.3) is 0 Å². The zero-order valence-electron chi connectivity index (χ0n) is 10.2. The van der Waals surface area contributed by atoms with Gasteiger partial charge in [0.1, 0.15) is 0 Å². The fourth-order valence-corrected chi connectivity index (χ4v) is 3.08. The summed E-state index contributed by atoms with van der Waals surface area (Å²) in [6, 6.07) is 11.6. The smallest absolute Gasteiger partial charge is 0.205 e. The summed E-state index contributed by atoms with van der Waals surface area (Å²) in [6.45, 7) is 2.05. The van der Waals surface area contributed by atoms with Gasteiger partial charge in [0.15, 0.2) is 0 Å². The number of aryl methyl sites for hydroxylation is 1. The lowest BCUT2D eigenvalue weighted by Crippen LogP contribution is -2.02. The second-order valence-electron chi connectivity index (χ2n) is 4.34. The molecule has 0 unspecified atom stereocenters. The number of rotatable bonds is 1. The van der Waals surface area contributed by atoms with Crippen LogP contribution in [0.15, 0.2) is 40.9 Å². The average molecular weight is 337 g/mol. The van der Waals surface area contributed by atoms with Crippen LogP contribution in [0.1, 0.15) is 5.56 Å².